The molecule has 0 unspecified atom stereocenters. The van der Waals surface area contributed by atoms with Crippen LogP contribution >= 0.6 is 22.9 Å². The Bertz CT molecular complexity index is 900. The minimum absolute atomic E-state index is 0.161. The van der Waals surface area contributed by atoms with Gasteiger partial charge in [-0.3, -0.25) is 10.1 Å². The SMILES string of the molecule is Cc1nc(-c2cccc(Cl)c2)nc(OCC(=O)Nc2nccs2)c1C. The highest BCUT2D eigenvalue weighted by Crippen LogP contribution is 2.25. The van der Waals surface area contributed by atoms with Crippen LogP contribution in [0.25, 0.3) is 11.4 Å². The van der Waals surface area contributed by atoms with Gasteiger partial charge in [-0.25, -0.2) is 9.97 Å². The predicted octanol–water partition coefficient (Wildman–Crippen LogP) is 3.89. The number of carbonyl (C=O) groups excluding carboxylic acids is 1. The molecule has 0 saturated heterocycles. The number of hydrogen-bond donors (Lipinski definition) is 1. The van der Waals surface area contributed by atoms with Gasteiger partial charge in [0.2, 0.25) is 5.88 Å². The number of benzene rings is 1. The minimum Gasteiger partial charge on any atom is -0.467 e. The van der Waals surface area contributed by atoms with Gasteiger partial charge >= 0.3 is 0 Å². The van der Waals surface area contributed by atoms with Crippen LogP contribution in [-0.4, -0.2) is 27.5 Å². The molecule has 3 aromatic rings. The van der Waals surface area contributed by atoms with Crippen LogP contribution in [0.2, 0.25) is 5.02 Å². The average molecular weight is 375 g/mol. The molecular formula is C17H15ClN4O2S. The van der Waals surface area contributed by atoms with Crippen molar-refractivity contribution in [2.75, 3.05) is 11.9 Å². The highest BCUT2D eigenvalue weighted by Gasteiger charge is 2.13. The summed E-state index contributed by atoms with van der Waals surface area (Å²) in [6.07, 6.45) is 1.62. The van der Waals surface area contributed by atoms with Crippen LogP contribution in [0.5, 0.6) is 5.88 Å². The molecule has 0 saturated carbocycles. The number of aromatic nitrogens is 3. The topological polar surface area (TPSA) is 77.0 Å². The quantitative estimate of drug-likeness (QED) is 0.733. The van der Waals surface area contributed by atoms with Crippen molar-refractivity contribution in [3.05, 3.63) is 52.1 Å². The zero-order chi connectivity index (χ0) is 17.8. The van der Waals surface area contributed by atoms with Crippen molar-refractivity contribution in [3.8, 4) is 17.3 Å². The number of nitrogens with one attached hydrogen (secondary N) is 1. The van der Waals surface area contributed by atoms with E-state index in [2.05, 4.69) is 20.3 Å². The van der Waals surface area contributed by atoms with Crippen molar-refractivity contribution in [3.63, 3.8) is 0 Å². The molecule has 0 fully saturated rings. The second-order valence-corrected chi connectivity index (χ2v) is 6.58. The third-order valence-electron chi connectivity index (χ3n) is 3.45. The first-order valence-electron chi connectivity index (χ1n) is 7.46. The molecule has 25 heavy (non-hydrogen) atoms. The van der Waals surface area contributed by atoms with Gasteiger partial charge in [0.15, 0.2) is 17.6 Å². The summed E-state index contributed by atoms with van der Waals surface area (Å²) in [5.41, 5.74) is 2.35. The van der Waals surface area contributed by atoms with Crippen LogP contribution in [0.4, 0.5) is 5.13 Å². The smallest absolute Gasteiger partial charge is 0.264 e. The molecule has 1 amide bonds. The van der Waals surface area contributed by atoms with E-state index < -0.39 is 0 Å². The number of ether oxygens (including phenoxy) is 1. The number of carbonyl (C=O) groups is 1. The monoisotopic (exact) mass is 374 g/mol. The first-order chi connectivity index (χ1) is 12.0. The largest absolute Gasteiger partial charge is 0.467 e. The molecular weight excluding hydrogens is 360 g/mol. The van der Waals surface area contributed by atoms with Crippen LogP contribution in [0.1, 0.15) is 11.3 Å². The van der Waals surface area contributed by atoms with Crippen LogP contribution in [0.15, 0.2) is 35.8 Å². The van der Waals surface area contributed by atoms with E-state index in [9.17, 15) is 4.79 Å². The molecule has 0 radical (unpaired) electrons. The molecule has 0 aliphatic rings. The molecule has 0 atom stereocenters. The number of hydrogen-bond acceptors (Lipinski definition) is 6. The molecule has 128 valence electrons. The molecule has 6 nitrogen and oxygen atoms in total. The van der Waals surface area contributed by atoms with Crippen molar-refractivity contribution in [1.82, 2.24) is 15.0 Å². The summed E-state index contributed by atoms with van der Waals surface area (Å²) in [5.74, 6) is 0.576. The fourth-order valence-electron chi connectivity index (χ4n) is 2.07. The van der Waals surface area contributed by atoms with Crippen LogP contribution < -0.4 is 10.1 Å². The van der Waals surface area contributed by atoms with Gasteiger partial charge in [0, 0.05) is 33.4 Å². The van der Waals surface area contributed by atoms with Gasteiger partial charge in [0.1, 0.15) is 0 Å². The molecule has 0 aliphatic carbocycles. The highest BCUT2D eigenvalue weighted by atomic mass is 35.5. The first kappa shape index (κ1) is 17.3. The molecule has 2 heterocycles. The third kappa shape index (κ3) is 4.32. The maximum atomic E-state index is 11.9. The van der Waals surface area contributed by atoms with Gasteiger partial charge in [0.05, 0.1) is 0 Å². The number of aryl methyl sites for hydroxylation is 1. The Labute approximate surface area is 153 Å². The Morgan fingerprint density at radius 3 is 2.88 bits per heavy atom. The highest BCUT2D eigenvalue weighted by molar-refractivity contribution is 7.13. The fraction of sp³-hybridized carbons (Fsp3) is 0.176. The second-order valence-electron chi connectivity index (χ2n) is 5.25. The van der Waals surface area contributed by atoms with Gasteiger partial charge in [0.25, 0.3) is 5.91 Å². The van der Waals surface area contributed by atoms with E-state index in [1.165, 1.54) is 11.3 Å². The zero-order valence-electron chi connectivity index (χ0n) is 13.6. The third-order valence-corrected chi connectivity index (χ3v) is 4.37. The Morgan fingerprint density at radius 1 is 1.32 bits per heavy atom. The zero-order valence-corrected chi connectivity index (χ0v) is 15.2. The second kappa shape index (κ2) is 7.58. The van der Waals surface area contributed by atoms with E-state index in [4.69, 9.17) is 16.3 Å². The molecule has 3 rings (SSSR count). The van der Waals surface area contributed by atoms with E-state index in [1.54, 1.807) is 23.7 Å². The first-order valence-corrected chi connectivity index (χ1v) is 8.72. The lowest BCUT2D eigenvalue weighted by molar-refractivity contribution is -0.118. The molecule has 0 bridgehead atoms. The summed E-state index contributed by atoms with van der Waals surface area (Å²) in [5, 5.41) is 5.58. The molecule has 0 spiro atoms. The summed E-state index contributed by atoms with van der Waals surface area (Å²) in [7, 11) is 0. The summed E-state index contributed by atoms with van der Waals surface area (Å²) in [4.78, 5) is 24.8. The molecule has 0 aliphatic heterocycles. The van der Waals surface area contributed by atoms with E-state index in [0.29, 0.717) is 21.9 Å². The normalized spacial score (nSPS) is 10.5. The number of anilines is 1. The summed E-state index contributed by atoms with van der Waals surface area (Å²) < 4.78 is 5.60. The Kier molecular flexibility index (Phi) is 5.25. The molecule has 2 aromatic heterocycles. The number of nitrogens with zero attached hydrogens (tertiary/aromatic N) is 3. The molecule has 1 aromatic carbocycles. The van der Waals surface area contributed by atoms with Crippen molar-refractivity contribution < 1.29 is 9.53 Å². The summed E-state index contributed by atoms with van der Waals surface area (Å²) in [6.45, 7) is 3.56. The standard InChI is InChI=1S/C17H15ClN4O2S/c1-10-11(2)20-15(12-4-3-5-13(18)8-12)22-16(10)24-9-14(23)21-17-19-6-7-25-17/h3-8H,9H2,1-2H3,(H,19,21,23). The van der Waals surface area contributed by atoms with Crippen LogP contribution in [-0.2, 0) is 4.79 Å². The summed E-state index contributed by atoms with van der Waals surface area (Å²) in [6, 6.07) is 7.27. The lowest BCUT2D eigenvalue weighted by atomic mass is 10.2. The van der Waals surface area contributed by atoms with Crippen molar-refractivity contribution >= 4 is 34.0 Å². The maximum absolute atomic E-state index is 11.9. The lowest BCUT2D eigenvalue weighted by Gasteiger charge is -2.11. The fourth-order valence-corrected chi connectivity index (χ4v) is 2.81. The number of thiazole rings is 1. The van der Waals surface area contributed by atoms with Gasteiger partial charge in [-0.15, -0.1) is 11.3 Å². The van der Waals surface area contributed by atoms with Gasteiger partial charge in [-0.2, -0.15) is 4.98 Å². The van der Waals surface area contributed by atoms with Crippen LogP contribution in [0.3, 0.4) is 0 Å². The van der Waals surface area contributed by atoms with Crippen molar-refractivity contribution in [2.24, 2.45) is 0 Å². The molecule has 8 heteroatoms. The van der Waals surface area contributed by atoms with Crippen molar-refractivity contribution in [2.45, 2.75) is 13.8 Å². The maximum Gasteiger partial charge on any atom is 0.264 e. The Balaban J connectivity index is 1.77. The number of amides is 1. The predicted molar refractivity (Wildman–Crippen MR) is 98.2 cm³/mol. The van der Waals surface area contributed by atoms with E-state index >= 15 is 0 Å². The van der Waals surface area contributed by atoms with E-state index in [1.807, 2.05) is 26.0 Å². The van der Waals surface area contributed by atoms with E-state index in [-0.39, 0.29) is 12.5 Å². The lowest BCUT2D eigenvalue weighted by Crippen LogP contribution is -2.21. The average Bonchev–Trinajstić information content (AvgIpc) is 3.09. The van der Waals surface area contributed by atoms with Crippen molar-refractivity contribution in [1.29, 1.82) is 0 Å². The number of rotatable bonds is 5. The van der Waals surface area contributed by atoms with E-state index in [0.717, 1.165) is 16.8 Å². The van der Waals surface area contributed by atoms with Gasteiger partial charge in [-0.05, 0) is 26.0 Å². The number of halogens is 1. The van der Waals surface area contributed by atoms with Gasteiger partial charge in [-0.1, -0.05) is 23.7 Å². The Morgan fingerprint density at radius 2 is 2.16 bits per heavy atom. The van der Waals surface area contributed by atoms with Gasteiger partial charge < -0.3 is 4.74 Å². The molecule has 1 N–H and O–H groups in total. The minimum atomic E-state index is -0.296. The Hall–Kier alpha value is -2.51. The summed E-state index contributed by atoms with van der Waals surface area (Å²) >= 11 is 7.37. The van der Waals surface area contributed by atoms with Crippen LogP contribution in [0, 0.1) is 13.8 Å².